The lowest BCUT2D eigenvalue weighted by atomic mass is 10.0. The van der Waals surface area contributed by atoms with Gasteiger partial charge in [-0.1, -0.05) is 6.07 Å². The van der Waals surface area contributed by atoms with Gasteiger partial charge in [-0.05, 0) is 38.3 Å². The summed E-state index contributed by atoms with van der Waals surface area (Å²) in [5.74, 6) is -0.142. The normalized spacial score (nSPS) is 20.1. The average molecular weight is 404 g/mol. The van der Waals surface area contributed by atoms with Gasteiger partial charge in [-0.15, -0.1) is 0 Å². The number of ether oxygens (including phenoxy) is 1. The Hall–Kier alpha value is -2.19. The molecule has 2 saturated heterocycles. The molecular weight excluding hydrogens is 370 g/mol. The number of nitrogens with zero attached hydrogens (tertiary/aromatic N) is 4. The van der Waals surface area contributed by atoms with Crippen molar-refractivity contribution >= 4 is 11.9 Å². The van der Waals surface area contributed by atoms with E-state index < -0.39 is 0 Å². The van der Waals surface area contributed by atoms with Crippen LogP contribution in [0.5, 0.6) is 0 Å². The van der Waals surface area contributed by atoms with Gasteiger partial charge in [-0.2, -0.15) is 0 Å². The quantitative estimate of drug-likeness (QED) is 0.776. The molecule has 0 aromatic carbocycles. The lowest BCUT2D eigenvalue weighted by Crippen LogP contribution is -2.50. The van der Waals surface area contributed by atoms with Gasteiger partial charge in [0.05, 0.1) is 0 Å². The molecule has 2 aliphatic heterocycles. The highest BCUT2D eigenvalue weighted by Crippen LogP contribution is 2.23. The first-order chi connectivity index (χ1) is 14.0. The highest BCUT2D eigenvalue weighted by Gasteiger charge is 2.34. The molecule has 3 heterocycles. The third-order valence-corrected chi connectivity index (χ3v) is 5.72. The van der Waals surface area contributed by atoms with E-state index in [2.05, 4.69) is 15.2 Å². The van der Waals surface area contributed by atoms with Crippen LogP contribution in [0, 0.1) is 6.92 Å². The molecule has 3 rings (SSSR count). The van der Waals surface area contributed by atoms with E-state index in [0.29, 0.717) is 24.3 Å². The van der Waals surface area contributed by atoms with E-state index in [1.807, 2.05) is 24.0 Å². The van der Waals surface area contributed by atoms with Crippen LogP contribution in [0.4, 0.5) is 4.79 Å². The number of rotatable bonds is 6. The Labute approximate surface area is 173 Å². The Morgan fingerprint density at radius 2 is 1.97 bits per heavy atom. The van der Waals surface area contributed by atoms with Gasteiger partial charge in [0.25, 0.3) is 5.91 Å². The Kier molecular flexibility index (Phi) is 7.44. The summed E-state index contributed by atoms with van der Waals surface area (Å²) in [4.78, 5) is 35.1. The predicted octanol–water partition coefficient (Wildman–Crippen LogP) is 1.36. The third-order valence-electron chi connectivity index (χ3n) is 5.72. The Morgan fingerprint density at radius 1 is 1.21 bits per heavy atom. The van der Waals surface area contributed by atoms with Gasteiger partial charge < -0.3 is 19.9 Å². The van der Waals surface area contributed by atoms with Gasteiger partial charge in [0.1, 0.15) is 5.69 Å². The second-order valence-electron chi connectivity index (χ2n) is 8.07. The second-order valence-corrected chi connectivity index (χ2v) is 8.07. The number of aryl methyl sites for hydroxylation is 1. The summed E-state index contributed by atoms with van der Waals surface area (Å²) in [6.07, 6.45) is 2.95. The van der Waals surface area contributed by atoms with Gasteiger partial charge in [0, 0.05) is 71.3 Å². The van der Waals surface area contributed by atoms with Crippen molar-refractivity contribution in [2.24, 2.45) is 0 Å². The summed E-state index contributed by atoms with van der Waals surface area (Å²) in [7, 11) is 3.58. The van der Waals surface area contributed by atoms with E-state index in [1.165, 1.54) is 0 Å². The molecule has 8 nitrogen and oxygen atoms in total. The van der Waals surface area contributed by atoms with E-state index in [9.17, 15) is 9.59 Å². The molecule has 0 bridgehead atoms. The lowest BCUT2D eigenvalue weighted by Gasteiger charge is -2.38. The number of amides is 3. The molecule has 29 heavy (non-hydrogen) atoms. The molecule has 0 spiro atoms. The topological polar surface area (TPSA) is 78.0 Å². The molecule has 1 aromatic heterocycles. The summed E-state index contributed by atoms with van der Waals surface area (Å²) in [5.41, 5.74) is 1.28. The summed E-state index contributed by atoms with van der Waals surface area (Å²) in [6, 6.07) is 6.28. The largest absolute Gasteiger partial charge is 0.381 e. The first-order valence-corrected chi connectivity index (χ1v) is 10.5. The number of aromatic nitrogens is 1. The fraction of sp³-hybridized carbons (Fsp3) is 0.667. The molecule has 0 saturated carbocycles. The van der Waals surface area contributed by atoms with Crippen molar-refractivity contribution in [2.45, 2.75) is 38.3 Å². The van der Waals surface area contributed by atoms with Crippen molar-refractivity contribution in [1.29, 1.82) is 0 Å². The summed E-state index contributed by atoms with van der Waals surface area (Å²) in [6.45, 7) is 6.26. The average Bonchev–Trinajstić information content (AvgIpc) is 3.20. The SMILES string of the molecule is Cc1cccc(C(=O)NCCN(C2CCOCC2)C2CCN(C(=O)N(C)C)C2)n1. The van der Waals surface area contributed by atoms with Crippen LogP contribution in [0.25, 0.3) is 0 Å². The van der Waals surface area contributed by atoms with E-state index >= 15 is 0 Å². The molecule has 1 N–H and O–H groups in total. The van der Waals surface area contributed by atoms with Crippen molar-refractivity contribution in [3.05, 3.63) is 29.6 Å². The van der Waals surface area contributed by atoms with Gasteiger partial charge in [0.15, 0.2) is 0 Å². The van der Waals surface area contributed by atoms with Crippen molar-refractivity contribution in [2.75, 3.05) is 53.5 Å². The third kappa shape index (κ3) is 5.67. The van der Waals surface area contributed by atoms with Gasteiger partial charge in [0.2, 0.25) is 0 Å². The molecule has 160 valence electrons. The van der Waals surface area contributed by atoms with Crippen LogP contribution in [-0.4, -0.2) is 97.2 Å². The van der Waals surface area contributed by atoms with Crippen LogP contribution in [-0.2, 0) is 4.74 Å². The molecule has 1 aromatic rings. The van der Waals surface area contributed by atoms with Crippen LogP contribution in [0.15, 0.2) is 18.2 Å². The van der Waals surface area contributed by atoms with Gasteiger partial charge >= 0.3 is 6.03 Å². The van der Waals surface area contributed by atoms with Crippen molar-refractivity contribution in [3.63, 3.8) is 0 Å². The highest BCUT2D eigenvalue weighted by molar-refractivity contribution is 5.92. The highest BCUT2D eigenvalue weighted by atomic mass is 16.5. The van der Waals surface area contributed by atoms with Crippen LogP contribution < -0.4 is 5.32 Å². The monoisotopic (exact) mass is 403 g/mol. The Bertz CT molecular complexity index is 705. The van der Waals surface area contributed by atoms with Crippen molar-refractivity contribution in [1.82, 2.24) is 25.0 Å². The molecule has 1 atom stereocenters. The van der Waals surface area contributed by atoms with Crippen LogP contribution in [0.3, 0.4) is 0 Å². The first-order valence-electron chi connectivity index (χ1n) is 10.5. The number of likely N-dealkylation sites (tertiary alicyclic amines) is 1. The van der Waals surface area contributed by atoms with Crippen molar-refractivity contribution < 1.29 is 14.3 Å². The van der Waals surface area contributed by atoms with E-state index in [1.54, 1.807) is 25.1 Å². The maximum Gasteiger partial charge on any atom is 0.319 e. The second kappa shape index (κ2) is 10.0. The zero-order valence-electron chi connectivity index (χ0n) is 17.8. The lowest BCUT2D eigenvalue weighted by molar-refractivity contribution is 0.0188. The molecule has 8 heteroatoms. The number of pyridine rings is 1. The number of hydrogen-bond donors (Lipinski definition) is 1. The summed E-state index contributed by atoms with van der Waals surface area (Å²) in [5, 5.41) is 3.01. The van der Waals surface area contributed by atoms with E-state index in [-0.39, 0.29) is 11.9 Å². The maximum atomic E-state index is 12.4. The van der Waals surface area contributed by atoms with E-state index in [4.69, 9.17) is 4.74 Å². The van der Waals surface area contributed by atoms with Crippen molar-refractivity contribution in [3.8, 4) is 0 Å². The molecule has 3 amide bonds. The minimum absolute atomic E-state index is 0.0678. The standard InChI is InChI=1S/C21H33N5O3/c1-16-5-4-6-19(23-16)20(27)22-10-12-26(17-8-13-29-14-9-17)18-7-11-25(15-18)21(28)24(2)3/h4-6,17-18H,7-15H2,1-3H3,(H,22,27). The summed E-state index contributed by atoms with van der Waals surface area (Å²) >= 11 is 0. The zero-order valence-corrected chi connectivity index (χ0v) is 17.8. The summed E-state index contributed by atoms with van der Waals surface area (Å²) < 4.78 is 5.54. The minimum Gasteiger partial charge on any atom is -0.381 e. The number of hydrogen-bond acceptors (Lipinski definition) is 5. The molecule has 1 unspecified atom stereocenters. The molecule has 2 aliphatic rings. The van der Waals surface area contributed by atoms with Crippen LogP contribution in [0.1, 0.15) is 35.4 Å². The van der Waals surface area contributed by atoms with Crippen LogP contribution in [0.2, 0.25) is 0 Å². The minimum atomic E-state index is -0.142. The molecular formula is C21H33N5O3. The maximum absolute atomic E-state index is 12.4. The fourth-order valence-electron chi connectivity index (χ4n) is 4.21. The number of nitrogens with one attached hydrogen (secondary N) is 1. The van der Waals surface area contributed by atoms with Gasteiger partial charge in [-0.25, -0.2) is 9.78 Å². The van der Waals surface area contributed by atoms with E-state index in [0.717, 1.165) is 57.8 Å². The van der Waals surface area contributed by atoms with Crippen LogP contribution >= 0.6 is 0 Å². The molecule has 2 fully saturated rings. The smallest absolute Gasteiger partial charge is 0.319 e. The van der Waals surface area contributed by atoms with Gasteiger partial charge in [-0.3, -0.25) is 9.69 Å². The first kappa shape index (κ1) is 21.5. The molecule has 0 radical (unpaired) electrons. The predicted molar refractivity (Wildman–Crippen MR) is 111 cm³/mol. The Morgan fingerprint density at radius 3 is 2.66 bits per heavy atom. The number of carbonyl (C=O) groups excluding carboxylic acids is 2. The molecule has 0 aliphatic carbocycles. The number of carbonyl (C=O) groups is 2. The Balaban J connectivity index is 1.59. The zero-order chi connectivity index (χ0) is 20.8. The number of urea groups is 1. The fourth-order valence-corrected chi connectivity index (χ4v) is 4.21.